The highest BCUT2D eigenvalue weighted by atomic mass is 19.4. The molecule has 2 unspecified atom stereocenters. The first-order chi connectivity index (χ1) is 9.32. The van der Waals surface area contributed by atoms with Crippen molar-refractivity contribution >= 4 is 11.8 Å². The zero-order valence-corrected chi connectivity index (χ0v) is 11.0. The molecule has 20 heavy (non-hydrogen) atoms. The number of esters is 1. The smallest absolute Gasteiger partial charge is 0.435 e. The van der Waals surface area contributed by atoms with E-state index in [0.29, 0.717) is 18.9 Å². The molecule has 5 nitrogen and oxygen atoms in total. The molecule has 2 heterocycles. The first-order valence-electron chi connectivity index (χ1n) is 6.06. The van der Waals surface area contributed by atoms with Gasteiger partial charge in [-0.05, 0) is 18.1 Å². The zero-order valence-electron chi connectivity index (χ0n) is 11.0. The molecule has 0 saturated carbocycles. The van der Waals surface area contributed by atoms with Gasteiger partial charge >= 0.3 is 12.1 Å². The summed E-state index contributed by atoms with van der Waals surface area (Å²) >= 11 is 0. The maximum Gasteiger partial charge on any atom is 0.435 e. The molecule has 0 spiro atoms. The molecule has 0 aromatic carbocycles. The summed E-state index contributed by atoms with van der Waals surface area (Å²) in [6.45, 7) is 2.78. The molecule has 2 rings (SSSR count). The third-order valence-electron chi connectivity index (χ3n) is 3.38. The third kappa shape index (κ3) is 2.83. The molecule has 0 radical (unpaired) electrons. The average Bonchev–Trinajstić information content (AvgIpc) is 2.79. The van der Waals surface area contributed by atoms with Crippen LogP contribution in [0.2, 0.25) is 0 Å². The fraction of sp³-hybridized carbons (Fsp3) is 0.583. The quantitative estimate of drug-likeness (QED) is 0.776. The Morgan fingerprint density at radius 3 is 2.55 bits per heavy atom. The first-order valence-corrected chi connectivity index (χ1v) is 6.06. The van der Waals surface area contributed by atoms with E-state index in [2.05, 4.69) is 10.2 Å². The van der Waals surface area contributed by atoms with Gasteiger partial charge < -0.3 is 9.64 Å². The molecule has 1 aliphatic heterocycles. The highest BCUT2D eigenvalue weighted by Gasteiger charge is 2.37. The molecule has 8 heteroatoms. The van der Waals surface area contributed by atoms with E-state index < -0.39 is 11.9 Å². The van der Waals surface area contributed by atoms with Gasteiger partial charge in [0.15, 0.2) is 11.5 Å². The number of hydrogen-bond acceptors (Lipinski definition) is 5. The average molecular weight is 289 g/mol. The molecule has 0 amide bonds. The monoisotopic (exact) mass is 289 g/mol. The molecule has 1 aliphatic rings. The highest BCUT2D eigenvalue weighted by Crippen LogP contribution is 2.30. The normalized spacial score (nSPS) is 22.9. The molecule has 2 atom stereocenters. The Hall–Kier alpha value is -1.86. The predicted octanol–water partition coefficient (Wildman–Crippen LogP) is 1.74. The van der Waals surface area contributed by atoms with Gasteiger partial charge in [0, 0.05) is 13.1 Å². The molecule has 0 aliphatic carbocycles. The number of aromatic nitrogens is 2. The number of alkyl halides is 3. The lowest BCUT2D eigenvalue weighted by Gasteiger charge is -2.16. The predicted molar refractivity (Wildman–Crippen MR) is 63.9 cm³/mol. The Kier molecular flexibility index (Phi) is 3.82. The lowest BCUT2D eigenvalue weighted by Crippen LogP contribution is -2.25. The van der Waals surface area contributed by atoms with Crippen molar-refractivity contribution in [2.45, 2.75) is 13.1 Å². The van der Waals surface area contributed by atoms with Crippen molar-refractivity contribution in [3.63, 3.8) is 0 Å². The van der Waals surface area contributed by atoms with Gasteiger partial charge in [0.05, 0.1) is 13.0 Å². The van der Waals surface area contributed by atoms with Crippen molar-refractivity contribution in [3.8, 4) is 0 Å². The number of carbonyl (C=O) groups is 1. The van der Waals surface area contributed by atoms with E-state index >= 15 is 0 Å². The van der Waals surface area contributed by atoms with Crippen LogP contribution < -0.4 is 4.90 Å². The summed E-state index contributed by atoms with van der Waals surface area (Å²) in [6.07, 6.45) is -4.50. The third-order valence-corrected chi connectivity index (χ3v) is 3.38. The van der Waals surface area contributed by atoms with Crippen molar-refractivity contribution < 1.29 is 22.7 Å². The second-order valence-corrected chi connectivity index (χ2v) is 4.79. The van der Waals surface area contributed by atoms with Crippen molar-refractivity contribution in [2.24, 2.45) is 11.8 Å². The Bertz CT molecular complexity index is 490. The number of rotatable bonds is 2. The van der Waals surface area contributed by atoms with Gasteiger partial charge in [0.2, 0.25) is 0 Å². The molecule has 0 N–H and O–H groups in total. The summed E-state index contributed by atoms with van der Waals surface area (Å²) in [7, 11) is 1.32. The molecule has 0 bridgehead atoms. The fourth-order valence-corrected chi connectivity index (χ4v) is 2.26. The van der Waals surface area contributed by atoms with E-state index in [9.17, 15) is 18.0 Å². The standard InChI is InChI=1S/C12H14F3N3O2/c1-7-5-18(6-8(7)11(19)20-2)10-4-3-9(16-17-10)12(13,14)15/h3-4,7-8H,5-6H2,1-2H3. The van der Waals surface area contributed by atoms with Crippen LogP contribution in [-0.4, -0.2) is 36.4 Å². The van der Waals surface area contributed by atoms with Crippen LogP contribution in [0.25, 0.3) is 0 Å². The largest absolute Gasteiger partial charge is 0.469 e. The van der Waals surface area contributed by atoms with Crippen LogP contribution in [0, 0.1) is 11.8 Å². The Balaban J connectivity index is 2.12. The molecule has 1 aromatic heterocycles. The molecule has 1 aromatic rings. The lowest BCUT2D eigenvalue weighted by atomic mass is 9.99. The number of hydrogen-bond donors (Lipinski definition) is 0. The van der Waals surface area contributed by atoms with Crippen molar-refractivity contribution in [1.82, 2.24) is 10.2 Å². The molecule has 1 saturated heterocycles. The Labute approximate surface area is 113 Å². The number of ether oxygens (including phenoxy) is 1. The summed E-state index contributed by atoms with van der Waals surface area (Å²) in [6, 6.07) is 2.15. The maximum absolute atomic E-state index is 12.4. The summed E-state index contributed by atoms with van der Waals surface area (Å²) in [4.78, 5) is 13.3. The van der Waals surface area contributed by atoms with Crippen LogP contribution in [0.1, 0.15) is 12.6 Å². The molecule has 1 fully saturated rings. The summed E-state index contributed by atoms with van der Waals surface area (Å²) in [5, 5.41) is 6.76. The van der Waals surface area contributed by atoms with Gasteiger partial charge in [0.1, 0.15) is 0 Å². The molecule has 110 valence electrons. The van der Waals surface area contributed by atoms with Crippen LogP contribution in [0.5, 0.6) is 0 Å². The van der Waals surface area contributed by atoms with Gasteiger partial charge in [-0.2, -0.15) is 13.2 Å². The fourth-order valence-electron chi connectivity index (χ4n) is 2.26. The zero-order chi connectivity index (χ0) is 14.9. The minimum Gasteiger partial charge on any atom is -0.469 e. The van der Waals surface area contributed by atoms with Gasteiger partial charge in [-0.3, -0.25) is 4.79 Å². The number of nitrogens with zero attached hydrogens (tertiary/aromatic N) is 3. The van der Waals surface area contributed by atoms with Crippen LogP contribution in [-0.2, 0) is 15.7 Å². The first kappa shape index (κ1) is 14.5. The number of anilines is 1. The van der Waals surface area contributed by atoms with Crippen LogP contribution in [0.4, 0.5) is 19.0 Å². The van der Waals surface area contributed by atoms with Gasteiger partial charge in [-0.1, -0.05) is 6.92 Å². The van der Waals surface area contributed by atoms with Crippen LogP contribution in [0.15, 0.2) is 12.1 Å². The molecular weight excluding hydrogens is 275 g/mol. The number of halogens is 3. The van der Waals surface area contributed by atoms with Gasteiger partial charge in [-0.25, -0.2) is 0 Å². The van der Waals surface area contributed by atoms with Crippen molar-refractivity contribution in [1.29, 1.82) is 0 Å². The van der Waals surface area contributed by atoms with E-state index in [4.69, 9.17) is 4.74 Å². The van der Waals surface area contributed by atoms with E-state index in [1.807, 2.05) is 6.92 Å². The molecular formula is C12H14F3N3O2. The maximum atomic E-state index is 12.4. The van der Waals surface area contributed by atoms with E-state index in [0.717, 1.165) is 6.07 Å². The van der Waals surface area contributed by atoms with Gasteiger partial charge in [0.25, 0.3) is 0 Å². The Morgan fingerprint density at radius 2 is 2.05 bits per heavy atom. The number of methoxy groups -OCH3 is 1. The van der Waals surface area contributed by atoms with Crippen molar-refractivity contribution in [3.05, 3.63) is 17.8 Å². The SMILES string of the molecule is COC(=O)C1CN(c2ccc(C(F)(F)F)nn2)CC1C. The summed E-state index contributed by atoms with van der Waals surface area (Å²) in [5.74, 6) is -0.244. The van der Waals surface area contributed by atoms with E-state index in [-0.39, 0.29) is 17.8 Å². The number of carbonyl (C=O) groups excluding carboxylic acids is 1. The second-order valence-electron chi connectivity index (χ2n) is 4.79. The van der Waals surface area contributed by atoms with Crippen LogP contribution >= 0.6 is 0 Å². The minimum absolute atomic E-state index is 0.0477. The minimum atomic E-state index is -4.50. The Morgan fingerprint density at radius 1 is 1.35 bits per heavy atom. The van der Waals surface area contributed by atoms with Gasteiger partial charge in [-0.15, -0.1) is 10.2 Å². The van der Waals surface area contributed by atoms with E-state index in [1.54, 1.807) is 4.90 Å². The van der Waals surface area contributed by atoms with E-state index in [1.165, 1.54) is 13.2 Å². The van der Waals surface area contributed by atoms with Crippen molar-refractivity contribution in [2.75, 3.05) is 25.1 Å². The summed E-state index contributed by atoms with van der Waals surface area (Å²) < 4.78 is 41.9. The summed E-state index contributed by atoms with van der Waals surface area (Å²) in [5.41, 5.74) is -1.03. The lowest BCUT2D eigenvalue weighted by molar-refractivity contribution is -0.145. The highest BCUT2D eigenvalue weighted by molar-refractivity contribution is 5.74. The van der Waals surface area contributed by atoms with Crippen LogP contribution in [0.3, 0.4) is 0 Å². The topological polar surface area (TPSA) is 55.3 Å². The second kappa shape index (κ2) is 5.26.